The van der Waals surface area contributed by atoms with E-state index in [1.165, 1.54) is 31.4 Å². The van der Waals surface area contributed by atoms with E-state index in [0.717, 1.165) is 17.7 Å². The van der Waals surface area contributed by atoms with Gasteiger partial charge in [0.1, 0.15) is 6.54 Å². The molecular formula is C15H20N2O6S. The second-order valence-electron chi connectivity index (χ2n) is 5.53. The van der Waals surface area contributed by atoms with Crippen molar-refractivity contribution in [2.24, 2.45) is 0 Å². The van der Waals surface area contributed by atoms with Crippen LogP contribution in [0.25, 0.3) is 0 Å². The van der Waals surface area contributed by atoms with Crippen molar-refractivity contribution in [3.8, 4) is 0 Å². The summed E-state index contributed by atoms with van der Waals surface area (Å²) in [5.41, 5.74) is 0.220. The van der Waals surface area contributed by atoms with Gasteiger partial charge in [-0.15, -0.1) is 0 Å². The molecule has 0 spiro atoms. The molecule has 1 aromatic carbocycles. The maximum atomic E-state index is 12.4. The summed E-state index contributed by atoms with van der Waals surface area (Å²) in [5.74, 6) is -1.62. The Morgan fingerprint density at radius 2 is 1.92 bits per heavy atom. The fraction of sp³-hybridized carbons (Fsp3) is 0.467. The van der Waals surface area contributed by atoms with Crippen molar-refractivity contribution in [1.82, 2.24) is 9.62 Å². The highest BCUT2D eigenvalue weighted by atomic mass is 32.2. The van der Waals surface area contributed by atoms with Crippen molar-refractivity contribution >= 4 is 21.9 Å². The Kier molecular flexibility index (Phi) is 5.92. The van der Waals surface area contributed by atoms with E-state index in [0.29, 0.717) is 0 Å². The van der Waals surface area contributed by atoms with Gasteiger partial charge in [-0.3, -0.25) is 9.59 Å². The third-order valence-electron chi connectivity index (χ3n) is 3.49. The fourth-order valence-corrected chi connectivity index (χ4v) is 3.37. The predicted molar refractivity (Wildman–Crippen MR) is 85.2 cm³/mol. The number of carbonyl (C=O) groups is 2. The van der Waals surface area contributed by atoms with Gasteiger partial charge in [-0.2, -0.15) is 0 Å². The monoisotopic (exact) mass is 356 g/mol. The number of carboxylic acids is 1. The highest BCUT2D eigenvalue weighted by molar-refractivity contribution is 7.89. The summed E-state index contributed by atoms with van der Waals surface area (Å²) in [6, 6.07) is 5.44. The van der Waals surface area contributed by atoms with Gasteiger partial charge in [0.2, 0.25) is 10.0 Å². The Hall–Kier alpha value is -1.97. The summed E-state index contributed by atoms with van der Waals surface area (Å²) in [6.07, 6.45) is 1.67. The maximum Gasteiger partial charge on any atom is 0.323 e. The Bertz CT molecular complexity index is 697. The molecule has 0 unspecified atom stereocenters. The highest BCUT2D eigenvalue weighted by Crippen LogP contribution is 2.22. The Balaban J connectivity index is 2.12. The molecule has 0 aliphatic heterocycles. The molecule has 2 rings (SSSR count). The summed E-state index contributed by atoms with van der Waals surface area (Å²) in [5, 5.41) is 8.90. The van der Waals surface area contributed by atoms with E-state index in [1.807, 2.05) is 0 Å². The summed E-state index contributed by atoms with van der Waals surface area (Å²) in [7, 11) is -2.13. The lowest BCUT2D eigenvalue weighted by Gasteiger charge is -2.20. The fourth-order valence-electron chi connectivity index (χ4n) is 2.07. The topological polar surface area (TPSA) is 113 Å². The van der Waals surface area contributed by atoms with Crippen molar-refractivity contribution in [2.45, 2.75) is 23.8 Å². The smallest absolute Gasteiger partial charge is 0.323 e. The number of sulfonamides is 1. The quantitative estimate of drug-likeness (QED) is 0.658. The van der Waals surface area contributed by atoms with E-state index in [1.54, 1.807) is 0 Å². The van der Waals surface area contributed by atoms with Crippen molar-refractivity contribution in [2.75, 3.05) is 26.8 Å². The molecule has 0 saturated heterocycles. The number of carboxylic acid groups (broad SMARTS) is 1. The van der Waals surface area contributed by atoms with E-state index >= 15 is 0 Å². The first-order chi connectivity index (χ1) is 11.3. The lowest BCUT2D eigenvalue weighted by atomic mass is 10.2. The molecule has 1 aliphatic carbocycles. The first kappa shape index (κ1) is 18.4. The van der Waals surface area contributed by atoms with Crippen molar-refractivity contribution in [1.29, 1.82) is 0 Å². The van der Waals surface area contributed by atoms with Crippen LogP contribution in [0.3, 0.4) is 0 Å². The van der Waals surface area contributed by atoms with Crippen molar-refractivity contribution < 1.29 is 27.9 Å². The molecule has 0 aromatic heterocycles. The minimum atomic E-state index is -3.58. The zero-order valence-corrected chi connectivity index (χ0v) is 14.1. The molecule has 1 saturated carbocycles. The van der Waals surface area contributed by atoms with Gasteiger partial charge >= 0.3 is 5.97 Å². The molecule has 8 nitrogen and oxygen atoms in total. The van der Waals surface area contributed by atoms with Crippen LogP contribution in [0.4, 0.5) is 0 Å². The van der Waals surface area contributed by atoms with Gasteiger partial charge in [0.05, 0.1) is 11.5 Å². The molecule has 1 fully saturated rings. The van der Waals surface area contributed by atoms with E-state index in [9.17, 15) is 18.0 Å². The summed E-state index contributed by atoms with van der Waals surface area (Å²) in [4.78, 5) is 24.5. The minimum Gasteiger partial charge on any atom is -0.480 e. The first-order valence-electron chi connectivity index (χ1n) is 7.46. The molecule has 0 radical (unpaired) electrons. The van der Waals surface area contributed by atoms with Crippen LogP contribution in [-0.2, 0) is 19.6 Å². The molecule has 24 heavy (non-hydrogen) atoms. The average Bonchev–Trinajstić information content (AvgIpc) is 3.34. The van der Waals surface area contributed by atoms with Gasteiger partial charge in [0.25, 0.3) is 5.91 Å². The molecule has 1 aromatic rings. The van der Waals surface area contributed by atoms with Crippen LogP contribution in [0.2, 0.25) is 0 Å². The van der Waals surface area contributed by atoms with Crippen LogP contribution in [0.15, 0.2) is 29.2 Å². The van der Waals surface area contributed by atoms with Gasteiger partial charge in [-0.1, -0.05) is 0 Å². The number of amides is 1. The van der Waals surface area contributed by atoms with Crippen molar-refractivity contribution in [3.63, 3.8) is 0 Å². The number of carbonyl (C=O) groups excluding carboxylic acids is 1. The Morgan fingerprint density at radius 1 is 1.29 bits per heavy atom. The number of hydrogen-bond donors (Lipinski definition) is 2. The lowest BCUT2D eigenvalue weighted by Crippen LogP contribution is -2.38. The average molecular weight is 356 g/mol. The summed E-state index contributed by atoms with van der Waals surface area (Å²) in [6.45, 7) is -0.118. The SMILES string of the molecule is COCCN(CC(=O)O)C(=O)c1ccc(S(=O)(=O)NC2CC2)cc1. The highest BCUT2D eigenvalue weighted by Gasteiger charge is 2.28. The molecule has 0 heterocycles. The predicted octanol–water partition coefficient (Wildman–Crippen LogP) is 0.301. The summed E-state index contributed by atoms with van der Waals surface area (Å²) < 4.78 is 31.6. The molecule has 0 bridgehead atoms. The zero-order chi connectivity index (χ0) is 17.7. The minimum absolute atomic E-state index is 0.00332. The molecule has 0 atom stereocenters. The van der Waals surface area contributed by atoms with Crippen LogP contribution in [-0.4, -0.2) is 63.1 Å². The number of aliphatic carboxylic acids is 1. The van der Waals surface area contributed by atoms with Crippen LogP contribution < -0.4 is 4.72 Å². The number of nitrogens with one attached hydrogen (secondary N) is 1. The Labute approximate surface area is 140 Å². The lowest BCUT2D eigenvalue weighted by molar-refractivity contribution is -0.137. The molecule has 1 aliphatic rings. The number of benzene rings is 1. The van der Waals surface area contributed by atoms with Crippen molar-refractivity contribution in [3.05, 3.63) is 29.8 Å². The van der Waals surface area contributed by atoms with Crippen LogP contribution in [0.5, 0.6) is 0 Å². The molecular weight excluding hydrogens is 336 g/mol. The number of rotatable bonds is 9. The number of hydrogen-bond acceptors (Lipinski definition) is 5. The van der Waals surface area contributed by atoms with E-state index in [2.05, 4.69) is 4.72 Å². The third kappa shape index (κ3) is 5.02. The van der Waals surface area contributed by atoms with Gasteiger partial charge in [0, 0.05) is 25.3 Å². The second-order valence-corrected chi connectivity index (χ2v) is 7.25. The number of ether oxygens (including phenoxy) is 1. The summed E-state index contributed by atoms with van der Waals surface area (Å²) >= 11 is 0. The first-order valence-corrected chi connectivity index (χ1v) is 8.94. The normalized spacial score (nSPS) is 14.4. The van der Waals surface area contributed by atoms with E-state index in [-0.39, 0.29) is 29.7 Å². The standard InChI is InChI=1S/C15H20N2O6S/c1-23-9-8-17(10-14(18)19)15(20)11-2-6-13(7-3-11)24(21,22)16-12-4-5-12/h2-3,6-7,12,16H,4-5,8-10H2,1H3,(H,18,19). The number of methoxy groups -OCH3 is 1. The Morgan fingerprint density at radius 3 is 2.42 bits per heavy atom. The number of nitrogens with zero attached hydrogens (tertiary/aromatic N) is 1. The molecule has 1 amide bonds. The van der Waals surface area contributed by atoms with Crippen LogP contribution in [0, 0.1) is 0 Å². The largest absolute Gasteiger partial charge is 0.480 e. The third-order valence-corrected chi connectivity index (χ3v) is 5.03. The van der Waals surface area contributed by atoms with Gasteiger partial charge < -0.3 is 14.7 Å². The van der Waals surface area contributed by atoms with E-state index in [4.69, 9.17) is 9.84 Å². The van der Waals surface area contributed by atoms with Crippen LogP contribution >= 0.6 is 0 Å². The molecule has 132 valence electrons. The van der Waals surface area contributed by atoms with Gasteiger partial charge in [0.15, 0.2) is 0 Å². The molecule has 2 N–H and O–H groups in total. The maximum absolute atomic E-state index is 12.4. The van der Waals surface area contributed by atoms with E-state index < -0.39 is 28.4 Å². The van der Waals surface area contributed by atoms with Gasteiger partial charge in [-0.25, -0.2) is 13.1 Å². The van der Waals surface area contributed by atoms with Gasteiger partial charge in [-0.05, 0) is 37.1 Å². The van der Waals surface area contributed by atoms with Crippen LogP contribution in [0.1, 0.15) is 23.2 Å². The second kappa shape index (κ2) is 7.73. The zero-order valence-electron chi connectivity index (χ0n) is 13.3. The molecule has 9 heteroatoms.